The Morgan fingerprint density at radius 1 is 1.05 bits per heavy atom. The Morgan fingerprint density at radius 2 is 1.79 bits per heavy atom. The third-order valence-corrected chi connectivity index (χ3v) is 3.68. The quantitative estimate of drug-likeness (QED) is 0.925. The minimum absolute atomic E-state index is 0.366. The Balaban J connectivity index is 1.59. The summed E-state index contributed by atoms with van der Waals surface area (Å²) in [4.78, 5) is 0. The number of nitrogens with one attached hydrogen (secondary N) is 1. The number of fused-ring (bicyclic) bond motifs is 1. The summed E-state index contributed by atoms with van der Waals surface area (Å²) in [7, 11) is 0. The highest BCUT2D eigenvalue weighted by atomic mass is 35.5. The van der Waals surface area contributed by atoms with Gasteiger partial charge in [-0.1, -0.05) is 35.9 Å². The SMILES string of the molecule is Clc1ccc(OCC2Cc3ccccc3CN2)cc1. The van der Waals surface area contributed by atoms with Gasteiger partial charge in [0, 0.05) is 17.6 Å². The van der Waals surface area contributed by atoms with Crippen molar-refractivity contribution in [2.75, 3.05) is 6.61 Å². The molecule has 0 bridgehead atoms. The Bertz CT molecular complexity index is 553. The van der Waals surface area contributed by atoms with Gasteiger partial charge in [0.05, 0.1) is 0 Å². The first kappa shape index (κ1) is 12.5. The standard InChI is InChI=1S/C16H16ClNO/c17-14-5-7-16(8-6-14)19-11-15-9-12-3-1-2-4-13(12)10-18-15/h1-8,15,18H,9-11H2. The number of rotatable bonds is 3. The zero-order chi connectivity index (χ0) is 13.1. The van der Waals surface area contributed by atoms with Gasteiger partial charge in [-0.15, -0.1) is 0 Å². The van der Waals surface area contributed by atoms with Crippen LogP contribution < -0.4 is 10.1 Å². The van der Waals surface area contributed by atoms with Gasteiger partial charge in [-0.3, -0.25) is 0 Å². The second-order valence-corrected chi connectivity index (χ2v) is 5.25. The lowest BCUT2D eigenvalue weighted by Gasteiger charge is -2.26. The molecule has 2 aromatic rings. The van der Waals surface area contributed by atoms with Gasteiger partial charge in [0.2, 0.25) is 0 Å². The summed E-state index contributed by atoms with van der Waals surface area (Å²) < 4.78 is 5.79. The minimum atomic E-state index is 0.366. The molecule has 1 aliphatic rings. The molecule has 1 N–H and O–H groups in total. The molecule has 0 aliphatic carbocycles. The number of hydrogen-bond acceptors (Lipinski definition) is 2. The molecule has 0 saturated carbocycles. The largest absolute Gasteiger partial charge is 0.492 e. The molecule has 3 heteroatoms. The summed E-state index contributed by atoms with van der Waals surface area (Å²) in [6, 6.07) is 16.4. The predicted octanol–water partition coefficient (Wildman–Crippen LogP) is 3.43. The highest BCUT2D eigenvalue weighted by Gasteiger charge is 2.17. The molecule has 0 spiro atoms. The van der Waals surface area contributed by atoms with Crippen molar-refractivity contribution in [2.45, 2.75) is 19.0 Å². The van der Waals surface area contributed by atoms with Crippen LogP contribution >= 0.6 is 11.6 Å². The van der Waals surface area contributed by atoms with Crippen molar-refractivity contribution in [2.24, 2.45) is 0 Å². The molecule has 1 unspecified atom stereocenters. The third-order valence-electron chi connectivity index (χ3n) is 3.43. The van der Waals surface area contributed by atoms with Gasteiger partial charge in [-0.05, 0) is 41.8 Å². The Labute approximate surface area is 118 Å². The fourth-order valence-corrected chi connectivity index (χ4v) is 2.49. The van der Waals surface area contributed by atoms with Crippen LogP contribution in [-0.4, -0.2) is 12.6 Å². The highest BCUT2D eigenvalue weighted by Crippen LogP contribution is 2.19. The number of ether oxygens (including phenoxy) is 1. The fraction of sp³-hybridized carbons (Fsp3) is 0.250. The molecule has 98 valence electrons. The van der Waals surface area contributed by atoms with Crippen molar-refractivity contribution >= 4 is 11.6 Å². The van der Waals surface area contributed by atoms with Gasteiger partial charge in [0.1, 0.15) is 12.4 Å². The highest BCUT2D eigenvalue weighted by molar-refractivity contribution is 6.30. The van der Waals surface area contributed by atoms with Crippen molar-refractivity contribution in [3.63, 3.8) is 0 Å². The van der Waals surface area contributed by atoms with Gasteiger partial charge in [0.15, 0.2) is 0 Å². The number of benzene rings is 2. The monoisotopic (exact) mass is 273 g/mol. The lowest BCUT2D eigenvalue weighted by molar-refractivity contribution is 0.256. The van der Waals surface area contributed by atoms with E-state index in [1.54, 1.807) is 0 Å². The molecule has 0 fully saturated rings. The summed E-state index contributed by atoms with van der Waals surface area (Å²) >= 11 is 5.85. The van der Waals surface area contributed by atoms with Crippen LogP contribution in [0.25, 0.3) is 0 Å². The predicted molar refractivity (Wildman–Crippen MR) is 77.7 cm³/mol. The van der Waals surface area contributed by atoms with Crippen molar-refractivity contribution in [1.29, 1.82) is 0 Å². The lowest BCUT2D eigenvalue weighted by atomic mass is 9.96. The van der Waals surface area contributed by atoms with Crippen LogP contribution in [0.4, 0.5) is 0 Å². The molecule has 2 aromatic carbocycles. The normalized spacial score (nSPS) is 17.8. The van der Waals surface area contributed by atoms with E-state index < -0.39 is 0 Å². The molecule has 0 amide bonds. The van der Waals surface area contributed by atoms with Crippen LogP contribution in [0.5, 0.6) is 5.75 Å². The third kappa shape index (κ3) is 3.09. The number of hydrogen-bond donors (Lipinski definition) is 1. The van der Waals surface area contributed by atoms with Gasteiger partial charge < -0.3 is 10.1 Å². The van der Waals surface area contributed by atoms with Crippen molar-refractivity contribution in [3.05, 3.63) is 64.7 Å². The number of halogens is 1. The molecule has 1 atom stereocenters. The van der Waals surface area contributed by atoms with Crippen LogP contribution in [0.3, 0.4) is 0 Å². The summed E-state index contributed by atoms with van der Waals surface area (Å²) in [5.41, 5.74) is 2.82. The summed E-state index contributed by atoms with van der Waals surface area (Å²) in [6.45, 7) is 1.60. The lowest BCUT2D eigenvalue weighted by Crippen LogP contribution is -2.39. The summed E-state index contributed by atoms with van der Waals surface area (Å²) in [5.74, 6) is 0.866. The Morgan fingerprint density at radius 3 is 2.58 bits per heavy atom. The van der Waals surface area contributed by atoms with Crippen LogP contribution in [0, 0.1) is 0 Å². The molecular formula is C16H16ClNO. The van der Waals surface area contributed by atoms with Crippen LogP contribution in [-0.2, 0) is 13.0 Å². The van der Waals surface area contributed by atoms with Crippen molar-refractivity contribution in [1.82, 2.24) is 5.32 Å². The van der Waals surface area contributed by atoms with Crippen LogP contribution in [0.2, 0.25) is 5.02 Å². The van der Waals surface area contributed by atoms with E-state index in [0.717, 1.165) is 23.7 Å². The summed E-state index contributed by atoms with van der Waals surface area (Å²) in [6.07, 6.45) is 1.02. The maximum atomic E-state index is 5.85. The maximum absolute atomic E-state index is 5.85. The van der Waals surface area contributed by atoms with Crippen LogP contribution in [0.1, 0.15) is 11.1 Å². The molecule has 1 aliphatic heterocycles. The Hall–Kier alpha value is -1.51. The van der Waals surface area contributed by atoms with E-state index in [9.17, 15) is 0 Å². The zero-order valence-electron chi connectivity index (χ0n) is 10.6. The van der Waals surface area contributed by atoms with Crippen LogP contribution in [0.15, 0.2) is 48.5 Å². The average Bonchev–Trinajstić information content (AvgIpc) is 2.46. The van der Waals surface area contributed by atoms with E-state index in [1.165, 1.54) is 11.1 Å². The van der Waals surface area contributed by atoms with E-state index >= 15 is 0 Å². The van der Waals surface area contributed by atoms with E-state index in [1.807, 2.05) is 24.3 Å². The van der Waals surface area contributed by atoms with E-state index in [2.05, 4.69) is 29.6 Å². The molecule has 2 nitrogen and oxygen atoms in total. The fourth-order valence-electron chi connectivity index (χ4n) is 2.37. The second kappa shape index (κ2) is 5.64. The zero-order valence-corrected chi connectivity index (χ0v) is 11.4. The van der Waals surface area contributed by atoms with E-state index in [0.29, 0.717) is 12.6 Å². The summed E-state index contributed by atoms with van der Waals surface area (Å²) in [5, 5.41) is 4.24. The molecule has 1 heterocycles. The van der Waals surface area contributed by atoms with Gasteiger partial charge in [-0.25, -0.2) is 0 Å². The van der Waals surface area contributed by atoms with Gasteiger partial charge in [-0.2, -0.15) is 0 Å². The molecule has 0 aromatic heterocycles. The first-order valence-electron chi connectivity index (χ1n) is 6.50. The molecule has 19 heavy (non-hydrogen) atoms. The van der Waals surface area contributed by atoms with Crippen molar-refractivity contribution < 1.29 is 4.74 Å². The minimum Gasteiger partial charge on any atom is -0.492 e. The van der Waals surface area contributed by atoms with E-state index in [-0.39, 0.29) is 0 Å². The van der Waals surface area contributed by atoms with Gasteiger partial charge >= 0.3 is 0 Å². The molecular weight excluding hydrogens is 258 g/mol. The topological polar surface area (TPSA) is 21.3 Å². The smallest absolute Gasteiger partial charge is 0.119 e. The average molecular weight is 274 g/mol. The Kier molecular flexibility index (Phi) is 3.72. The van der Waals surface area contributed by atoms with Crippen molar-refractivity contribution in [3.8, 4) is 5.75 Å². The molecule has 0 radical (unpaired) electrons. The first-order chi connectivity index (χ1) is 9.31. The van der Waals surface area contributed by atoms with Gasteiger partial charge in [0.25, 0.3) is 0 Å². The van der Waals surface area contributed by atoms with E-state index in [4.69, 9.17) is 16.3 Å². The molecule has 0 saturated heterocycles. The maximum Gasteiger partial charge on any atom is 0.119 e. The molecule has 3 rings (SSSR count). The first-order valence-corrected chi connectivity index (χ1v) is 6.87. The second-order valence-electron chi connectivity index (χ2n) is 4.82.